The minimum Gasteiger partial charge on any atom is -0.495 e. The predicted molar refractivity (Wildman–Crippen MR) is 102 cm³/mol. The van der Waals surface area contributed by atoms with Crippen LogP contribution in [-0.2, 0) is 10.0 Å². The number of hydrogen-bond acceptors (Lipinski definition) is 6. The zero-order valence-electron chi connectivity index (χ0n) is 15.1. The van der Waals surface area contributed by atoms with Crippen LogP contribution in [0.25, 0.3) is 0 Å². The fourth-order valence-corrected chi connectivity index (χ4v) is 4.47. The Morgan fingerprint density at radius 3 is 2.36 bits per heavy atom. The SMILES string of the molecule is COc1ccc([N+](=O)[O-])cc1NC(=O)c1ccc(S(=O)(=O)N2CCCC2)cc1. The highest BCUT2D eigenvalue weighted by atomic mass is 32.2. The summed E-state index contributed by atoms with van der Waals surface area (Å²) in [4.78, 5) is 23.0. The topological polar surface area (TPSA) is 119 Å². The summed E-state index contributed by atoms with van der Waals surface area (Å²) < 4.78 is 31.6. The Hall–Kier alpha value is -2.98. The number of amides is 1. The van der Waals surface area contributed by atoms with Crippen molar-refractivity contribution < 1.29 is 22.9 Å². The first-order chi connectivity index (χ1) is 13.3. The molecule has 9 nitrogen and oxygen atoms in total. The average molecular weight is 405 g/mol. The molecule has 0 radical (unpaired) electrons. The lowest BCUT2D eigenvalue weighted by Crippen LogP contribution is -2.27. The van der Waals surface area contributed by atoms with E-state index in [0.717, 1.165) is 12.8 Å². The second kappa shape index (κ2) is 7.95. The number of anilines is 1. The molecule has 0 atom stereocenters. The molecular formula is C18H19N3O6S. The molecule has 148 valence electrons. The molecule has 28 heavy (non-hydrogen) atoms. The largest absolute Gasteiger partial charge is 0.495 e. The van der Waals surface area contributed by atoms with Crippen molar-refractivity contribution in [2.75, 3.05) is 25.5 Å². The van der Waals surface area contributed by atoms with Gasteiger partial charge in [-0.15, -0.1) is 0 Å². The van der Waals surface area contributed by atoms with Crippen LogP contribution in [0.1, 0.15) is 23.2 Å². The zero-order chi connectivity index (χ0) is 20.3. The highest BCUT2D eigenvalue weighted by molar-refractivity contribution is 7.89. The molecule has 10 heteroatoms. The molecule has 1 N–H and O–H groups in total. The van der Waals surface area contributed by atoms with Crippen LogP contribution in [0.5, 0.6) is 5.75 Å². The van der Waals surface area contributed by atoms with E-state index in [4.69, 9.17) is 4.74 Å². The fraction of sp³-hybridized carbons (Fsp3) is 0.278. The van der Waals surface area contributed by atoms with Gasteiger partial charge >= 0.3 is 0 Å². The summed E-state index contributed by atoms with van der Waals surface area (Å²) in [5, 5.41) is 13.5. The Kier molecular flexibility index (Phi) is 5.61. The summed E-state index contributed by atoms with van der Waals surface area (Å²) in [5.41, 5.74) is 0.174. The molecular weight excluding hydrogens is 386 g/mol. The van der Waals surface area contributed by atoms with Crippen molar-refractivity contribution in [3.63, 3.8) is 0 Å². The molecule has 0 aliphatic carbocycles. The lowest BCUT2D eigenvalue weighted by Gasteiger charge is -2.15. The van der Waals surface area contributed by atoms with Gasteiger partial charge in [0.05, 0.1) is 22.6 Å². The molecule has 0 aromatic heterocycles. The van der Waals surface area contributed by atoms with Crippen LogP contribution in [-0.4, -0.2) is 43.8 Å². The first kappa shape index (κ1) is 19.8. The van der Waals surface area contributed by atoms with Crippen LogP contribution in [0, 0.1) is 10.1 Å². The van der Waals surface area contributed by atoms with Gasteiger partial charge in [0.1, 0.15) is 5.75 Å². The van der Waals surface area contributed by atoms with E-state index >= 15 is 0 Å². The van der Waals surface area contributed by atoms with E-state index in [-0.39, 0.29) is 27.6 Å². The molecule has 1 heterocycles. The fourth-order valence-electron chi connectivity index (χ4n) is 2.96. The monoisotopic (exact) mass is 405 g/mol. The summed E-state index contributed by atoms with van der Waals surface area (Å²) in [6.07, 6.45) is 1.68. The number of nitrogens with one attached hydrogen (secondary N) is 1. The third-order valence-electron chi connectivity index (χ3n) is 4.46. The van der Waals surface area contributed by atoms with Gasteiger partial charge in [0, 0.05) is 30.8 Å². The van der Waals surface area contributed by atoms with Crippen LogP contribution in [0.15, 0.2) is 47.4 Å². The predicted octanol–water partition coefficient (Wildman–Crippen LogP) is 2.64. The van der Waals surface area contributed by atoms with Crippen LogP contribution in [0.4, 0.5) is 11.4 Å². The van der Waals surface area contributed by atoms with E-state index in [1.165, 1.54) is 53.9 Å². The first-order valence-corrected chi connectivity index (χ1v) is 10.0. The van der Waals surface area contributed by atoms with Crippen molar-refractivity contribution in [1.82, 2.24) is 4.31 Å². The smallest absolute Gasteiger partial charge is 0.271 e. The molecule has 1 aliphatic rings. The van der Waals surface area contributed by atoms with Gasteiger partial charge in [-0.05, 0) is 43.2 Å². The van der Waals surface area contributed by atoms with Crippen LogP contribution >= 0.6 is 0 Å². The minimum absolute atomic E-state index is 0.124. The van der Waals surface area contributed by atoms with Crippen molar-refractivity contribution in [3.8, 4) is 5.75 Å². The molecule has 0 bridgehead atoms. The van der Waals surface area contributed by atoms with Crippen molar-refractivity contribution >= 4 is 27.3 Å². The number of benzene rings is 2. The van der Waals surface area contributed by atoms with Gasteiger partial charge in [-0.3, -0.25) is 14.9 Å². The molecule has 1 fully saturated rings. The highest BCUT2D eigenvalue weighted by Gasteiger charge is 2.27. The van der Waals surface area contributed by atoms with Gasteiger partial charge in [0.25, 0.3) is 11.6 Å². The summed E-state index contributed by atoms with van der Waals surface area (Å²) in [5.74, 6) is -0.268. The number of carbonyl (C=O) groups excluding carboxylic acids is 1. The number of ether oxygens (including phenoxy) is 1. The normalized spacial score (nSPS) is 14.6. The summed E-state index contributed by atoms with van der Waals surface area (Å²) in [7, 11) is -2.18. The quantitative estimate of drug-likeness (QED) is 0.583. The molecule has 0 spiro atoms. The maximum Gasteiger partial charge on any atom is 0.271 e. The van der Waals surface area contributed by atoms with Gasteiger partial charge in [-0.2, -0.15) is 4.31 Å². The van der Waals surface area contributed by atoms with Crippen molar-refractivity contribution in [2.45, 2.75) is 17.7 Å². The van der Waals surface area contributed by atoms with E-state index in [0.29, 0.717) is 13.1 Å². The van der Waals surface area contributed by atoms with E-state index in [1.807, 2.05) is 0 Å². The number of rotatable bonds is 6. The number of nitro benzene ring substituents is 1. The second-order valence-electron chi connectivity index (χ2n) is 6.23. The standard InChI is InChI=1S/C18H19N3O6S/c1-27-17-9-6-14(21(23)24)12-16(17)19-18(22)13-4-7-15(8-5-13)28(25,26)20-10-2-3-11-20/h4-9,12H,2-3,10-11H2,1H3,(H,19,22). The summed E-state index contributed by atoms with van der Waals surface area (Å²) in [6.45, 7) is 0.994. The van der Waals surface area contributed by atoms with Gasteiger partial charge < -0.3 is 10.1 Å². The second-order valence-corrected chi connectivity index (χ2v) is 8.17. The van der Waals surface area contributed by atoms with E-state index in [1.54, 1.807) is 0 Å². The van der Waals surface area contributed by atoms with Crippen molar-refractivity contribution in [1.29, 1.82) is 0 Å². The number of nitrogens with zero attached hydrogens (tertiary/aromatic N) is 2. The first-order valence-electron chi connectivity index (χ1n) is 8.57. The Balaban J connectivity index is 1.80. The molecule has 2 aromatic carbocycles. The van der Waals surface area contributed by atoms with Crippen molar-refractivity contribution in [2.24, 2.45) is 0 Å². The molecule has 3 rings (SSSR count). The van der Waals surface area contributed by atoms with Crippen LogP contribution < -0.4 is 10.1 Å². The van der Waals surface area contributed by atoms with Crippen LogP contribution in [0.3, 0.4) is 0 Å². The number of nitro groups is 1. The number of hydrogen-bond donors (Lipinski definition) is 1. The summed E-state index contributed by atoms with van der Waals surface area (Å²) in [6, 6.07) is 9.43. The average Bonchev–Trinajstić information content (AvgIpc) is 3.23. The zero-order valence-corrected chi connectivity index (χ0v) is 15.9. The third-order valence-corrected chi connectivity index (χ3v) is 6.37. The lowest BCUT2D eigenvalue weighted by molar-refractivity contribution is -0.384. The van der Waals surface area contributed by atoms with Crippen LogP contribution in [0.2, 0.25) is 0 Å². The number of carbonyl (C=O) groups is 1. The Labute approximate surface area is 162 Å². The van der Waals surface area contributed by atoms with Gasteiger partial charge in [-0.25, -0.2) is 8.42 Å². The molecule has 1 saturated heterocycles. The highest BCUT2D eigenvalue weighted by Crippen LogP contribution is 2.29. The number of sulfonamides is 1. The third kappa shape index (κ3) is 3.97. The van der Waals surface area contributed by atoms with E-state index in [9.17, 15) is 23.3 Å². The maximum absolute atomic E-state index is 12.5. The number of methoxy groups -OCH3 is 1. The lowest BCUT2D eigenvalue weighted by atomic mass is 10.2. The maximum atomic E-state index is 12.5. The molecule has 0 unspecified atom stereocenters. The molecule has 1 amide bonds. The number of non-ortho nitro benzene ring substituents is 1. The molecule has 2 aromatic rings. The van der Waals surface area contributed by atoms with Gasteiger partial charge in [0.2, 0.25) is 10.0 Å². The van der Waals surface area contributed by atoms with Gasteiger partial charge in [0.15, 0.2) is 0 Å². The Morgan fingerprint density at radius 1 is 1.14 bits per heavy atom. The Bertz CT molecular complexity index is 998. The Morgan fingerprint density at radius 2 is 1.79 bits per heavy atom. The summed E-state index contributed by atoms with van der Waals surface area (Å²) >= 11 is 0. The van der Waals surface area contributed by atoms with E-state index in [2.05, 4.69) is 5.32 Å². The van der Waals surface area contributed by atoms with Crippen molar-refractivity contribution in [3.05, 3.63) is 58.1 Å². The minimum atomic E-state index is -3.56. The molecule has 0 saturated carbocycles. The molecule has 1 aliphatic heterocycles. The van der Waals surface area contributed by atoms with E-state index < -0.39 is 20.9 Å². The van der Waals surface area contributed by atoms with Gasteiger partial charge in [-0.1, -0.05) is 0 Å².